The van der Waals surface area contributed by atoms with Crippen LogP contribution < -0.4 is 4.74 Å². The fourth-order valence-corrected chi connectivity index (χ4v) is 2.43. The molecule has 0 saturated carbocycles. The van der Waals surface area contributed by atoms with Crippen LogP contribution in [0.15, 0.2) is 18.2 Å². The SMILES string of the molecule is CC/C=C\COc1nsnc1C1=CCCN(C)C1. The molecule has 0 saturated heterocycles. The molecular weight excluding hydrogens is 246 g/mol. The third kappa shape index (κ3) is 3.40. The highest BCUT2D eigenvalue weighted by Gasteiger charge is 2.18. The van der Waals surface area contributed by atoms with Gasteiger partial charge >= 0.3 is 0 Å². The first kappa shape index (κ1) is 13.2. The molecule has 1 aromatic rings. The number of nitrogens with zero attached hydrogens (tertiary/aromatic N) is 3. The lowest BCUT2D eigenvalue weighted by Crippen LogP contribution is -2.25. The lowest BCUT2D eigenvalue weighted by atomic mass is 10.1. The first-order valence-electron chi connectivity index (χ1n) is 6.29. The van der Waals surface area contributed by atoms with E-state index in [0.29, 0.717) is 12.5 Å². The number of hydrogen-bond donors (Lipinski definition) is 0. The maximum atomic E-state index is 5.66. The van der Waals surface area contributed by atoms with Gasteiger partial charge in [0.1, 0.15) is 12.3 Å². The third-order valence-electron chi connectivity index (χ3n) is 2.82. The maximum absolute atomic E-state index is 5.66. The molecule has 0 radical (unpaired) electrons. The fourth-order valence-electron chi connectivity index (χ4n) is 1.90. The topological polar surface area (TPSA) is 38.3 Å². The minimum atomic E-state index is 0.565. The van der Waals surface area contributed by atoms with Crippen LogP contribution in [0.1, 0.15) is 25.5 Å². The van der Waals surface area contributed by atoms with Gasteiger partial charge in [0.2, 0.25) is 0 Å². The highest BCUT2D eigenvalue weighted by molar-refractivity contribution is 6.99. The summed E-state index contributed by atoms with van der Waals surface area (Å²) in [5, 5.41) is 0. The van der Waals surface area contributed by atoms with Gasteiger partial charge in [0.15, 0.2) is 0 Å². The van der Waals surface area contributed by atoms with Gasteiger partial charge in [0.05, 0.1) is 11.7 Å². The Bertz CT molecular complexity index is 439. The van der Waals surface area contributed by atoms with E-state index in [2.05, 4.69) is 39.8 Å². The van der Waals surface area contributed by atoms with Crippen molar-refractivity contribution in [2.24, 2.45) is 0 Å². The maximum Gasteiger partial charge on any atom is 0.253 e. The average molecular weight is 265 g/mol. The molecule has 0 bridgehead atoms. The van der Waals surface area contributed by atoms with E-state index in [9.17, 15) is 0 Å². The van der Waals surface area contributed by atoms with Gasteiger partial charge in [-0.25, -0.2) is 0 Å². The van der Waals surface area contributed by atoms with E-state index in [-0.39, 0.29) is 0 Å². The number of likely N-dealkylation sites (N-methyl/N-ethyl adjacent to an activating group) is 1. The summed E-state index contributed by atoms with van der Waals surface area (Å²) in [6.07, 6.45) is 8.45. The highest BCUT2D eigenvalue weighted by atomic mass is 32.1. The Labute approximate surface area is 112 Å². The van der Waals surface area contributed by atoms with Crippen molar-refractivity contribution in [2.75, 3.05) is 26.7 Å². The summed E-state index contributed by atoms with van der Waals surface area (Å²) in [5.41, 5.74) is 2.14. The Balaban J connectivity index is 2.03. The molecule has 1 aromatic heterocycles. The molecular formula is C13H19N3OS. The predicted molar refractivity (Wildman–Crippen MR) is 74.9 cm³/mol. The van der Waals surface area contributed by atoms with Crippen LogP contribution in [0.4, 0.5) is 0 Å². The Kier molecular flexibility index (Phi) is 4.90. The Morgan fingerprint density at radius 2 is 2.33 bits per heavy atom. The van der Waals surface area contributed by atoms with Crippen LogP contribution in [-0.4, -0.2) is 40.4 Å². The van der Waals surface area contributed by atoms with Crippen LogP contribution in [0.5, 0.6) is 5.88 Å². The Morgan fingerprint density at radius 3 is 3.11 bits per heavy atom. The molecule has 0 aliphatic carbocycles. The quantitative estimate of drug-likeness (QED) is 0.767. The summed E-state index contributed by atoms with van der Waals surface area (Å²) in [6.45, 7) is 4.70. The number of aromatic nitrogens is 2. The molecule has 0 aromatic carbocycles. The summed E-state index contributed by atoms with van der Waals surface area (Å²) in [7, 11) is 2.12. The zero-order chi connectivity index (χ0) is 12.8. The van der Waals surface area contributed by atoms with Crippen LogP contribution in [0.25, 0.3) is 5.57 Å². The van der Waals surface area contributed by atoms with Crippen molar-refractivity contribution in [3.63, 3.8) is 0 Å². The first-order valence-corrected chi connectivity index (χ1v) is 7.02. The van der Waals surface area contributed by atoms with Crippen LogP contribution >= 0.6 is 11.7 Å². The average Bonchev–Trinajstić information content (AvgIpc) is 2.83. The van der Waals surface area contributed by atoms with Gasteiger partial charge in [-0.3, -0.25) is 0 Å². The molecule has 4 nitrogen and oxygen atoms in total. The Hall–Kier alpha value is -1.20. The van der Waals surface area contributed by atoms with Crippen molar-refractivity contribution >= 4 is 17.3 Å². The molecule has 2 rings (SSSR count). The van der Waals surface area contributed by atoms with Crippen molar-refractivity contribution in [2.45, 2.75) is 19.8 Å². The van der Waals surface area contributed by atoms with Crippen LogP contribution in [0.3, 0.4) is 0 Å². The predicted octanol–water partition coefficient (Wildman–Crippen LogP) is 2.60. The summed E-state index contributed by atoms with van der Waals surface area (Å²) in [5.74, 6) is 0.669. The number of rotatable bonds is 5. The smallest absolute Gasteiger partial charge is 0.253 e. The highest BCUT2D eigenvalue weighted by Crippen LogP contribution is 2.26. The molecule has 1 aliphatic rings. The molecule has 0 spiro atoms. The second-order valence-corrected chi connectivity index (χ2v) is 4.89. The van der Waals surface area contributed by atoms with Gasteiger partial charge < -0.3 is 9.64 Å². The van der Waals surface area contributed by atoms with E-state index < -0.39 is 0 Å². The minimum Gasteiger partial charge on any atom is -0.471 e. The molecule has 0 N–H and O–H groups in total. The van der Waals surface area contributed by atoms with Crippen LogP contribution in [0.2, 0.25) is 0 Å². The molecule has 0 fully saturated rings. The van der Waals surface area contributed by atoms with Gasteiger partial charge in [-0.2, -0.15) is 4.37 Å². The van der Waals surface area contributed by atoms with Gasteiger partial charge in [0, 0.05) is 13.1 Å². The monoisotopic (exact) mass is 265 g/mol. The summed E-state index contributed by atoms with van der Waals surface area (Å²) < 4.78 is 14.2. The second kappa shape index (κ2) is 6.66. The molecule has 0 unspecified atom stereocenters. The molecule has 5 heteroatoms. The van der Waals surface area contributed by atoms with Crippen LogP contribution in [0, 0.1) is 0 Å². The van der Waals surface area contributed by atoms with Crippen molar-refractivity contribution < 1.29 is 4.74 Å². The number of hydrogen-bond acceptors (Lipinski definition) is 5. The fraction of sp³-hybridized carbons (Fsp3) is 0.538. The van der Waals surface area contributed by atoms with E-state index in [1.54, 1.807) is 0 Å². The van der Waals surface area contributed by atoms with Crippen molar-refractivity contribution in [3.8, 4) is 5.88 Å². The van der Waals surface area contributed by atoms with Gasteiger partial charge in [-0.05, 0) is 25.5 Å². The van der Waals surface area contributed by atoms with E-state index in [1.165, 1.54) is 17.3 Å². The third-order valence-corrected chi connectivity index (χ3v) is 3.33. The molecule has 0 atom stereocenters. The molecule has 2 heterocycles. The minimum absolute atomic E-state index is 0.565. The lowest BCUT2D eigenvalue weighted by Gasteiger charge is -2.21. The van der Waals surface area contributed by atoms with E-state index in [1.807, 2.05) is 6.08 Å². The second-order valence-electron chi connectivity index (χ2n) is 4.36. The zero-order valence-corrected chi connectivity index (χ0v) is 11.7. The Morgan fingerprint density at radius 1 is 1.44 bits per heavy atom. The van der Waals surface area contributed by atoms with E-state index >= 15 is 0 Å². The van der Waals surface area contributed by atoms with E-state index in [0.717, 1.165) is 31.6 Å². The summed E-state index contributed by atoms with van der Waals surface area (Å²) >= 11 is 1.22. The van der Waals surface area contributed by atoms with Crippen molar-refractivity contribution in [1.82, 2.24) is 13.6 Å². The first-order chi connectivity index (χ1) is 8.81. The number of ether oxygens (including phenoxy) is 1. The van der Waals surface area contributed by atoms with Gasteiger partial charge in [-0.1, -0.05) is 25.2 Å². The largest absolute Gasteiger partial charge is 0.471 e. The van der Waals surface area contributed by atoms with E-state index in [4.69, 9.17) is 4.74 Å². The van der Waals surface area contributed by atoms with Gasteiger partial charge in [0.25, 0.3) is 5.88 Å². The standard InChI is InChI=1S/C13H19N3OS/c1-3-4-5-9-17-13-12(14-18-15-13)11-7-6-8-16(2)10-11/h4-5,7H,3,6,8-10H2,1-2H3/b5-4-. The number of allylic oxidation sites excluding steroid dienone is 1. The summed E-state index contributed by atoms with van der Waals surface area (Å²) in [6, 6.07) is 0. The molecule has 98 valence electrons. The lowest BCUT2D eigenvalue weighted by molar-refractivity contribution is 0.346. The molecule has 18 heavy (non-hydrogen) atoms. The van der Waals surface area contributed by atoms with Crippen molar-refractivity contribution in [3.05, 3.63) is 23.9 Å². The zero-order valence-electron chi connectivity index (χ0n) is 10.9. The van der Waals surface area contributed by atoms with Gasteiger partial charge in [-0.15, -0.1) is 4.37 Å². The van der Waals surface area contributed by atoms with Crippen LogP contribution in [-0.2, 0) is 0 Å². The summed E-state index contributed by atoms with van der Waals surface area (Å²) in [4.78, 5) is 2.29. The van der Waals surface area contributed by atoms with Crippen molar-refractivity contribution in [1.29, 1.82) is 0 Å². The molecule has 0 amide bonds. The normalized spacial score (nSPS) is 17.1. The molecule has 1 aliphatic heterocycles.